The van der Waals surface area contributed by atoms with E-state index in [9.17, 15) is 4.79 Å². The number of rotatable bonds is 7. The van der Waals surface area contributed by atoms with E-state index in [0.717, 1.165) is 10.2 Å². The van der Waals surface area contributed by atoms with Gasteiger partial charge in [0.25, 0.3) is 5.91 Å². The molecule has 0 aromatic heterocycles. The summed E-state index contributed by atoms with van der Waals surface area (Å²) in [5.74, 6) is 1.42. The Hall–Kier alpha value is -1.46. The average Bonchev–Trinajstić information content (AvgIpc) is 2.52. The van der Waals surface area contributed by atoms with E-state index in [-0.39, 0.29) is 12.5 Å². The molecule has 1 N–H and O–H groups in total. The summed E-state index contributed by atoms with van der Waals surface area (Å²) in [6, 6.07) is 17.5. The largest absolute Gasteiger partial charge is 0.484 e. The first-order chi connectivity index (χ1) is 10.2. The SMILES string of the molecule is O=C(COc1ccc(Br)cc1)NCCSc1ccccc1. The third kappa shape index (κ3) is 6.23. The van der Waals surface area contributed by atoms with E-state index in [1.54, 1.807) is 11.8 Å². The van der Waals surface area contributed by atoms with Crippen LogP contribution in [0.2, 0.25) is 0 Å². The van der Waals surface area contributed by atoms with Crippen molar-refractivity contribution in [3.8, 4) is 5.75 Å². The molecule has 0 saturated carbocycles. The van der Waals surface area contributed by atoms with Crippen molar-refractivity contribution in [2.45, 2.75) is 4.90 Å². The number of benzene rings is 2. The maximum Gasteiger partial charge on any atom is 0.257 e. The van der Waals surface area contributed by atoms with E-state index in [2.05, 4.69) is 33.4 Å². The van der Waals surface area contributed by atoms with Gasteiger partial charge >= 0.3 is 0 Å². The van der Waals surface area contributed by atoms with Crippen LogP contribution in [0, 0.1) is 0 Å². The van der Waals surface area contributed by atoms with Crippen molar-refractivity contribution in [1.82, 2.24) is 5.32 Å². The molecule has 0 radical (unpaired) electrons. The number of carbonyl (C=O) groups is 1. The molecule has 21 heavy (non-hydrogen) atoms. The average molecular weight is 366 g/mol. The summed E-state index contributed by atoms with van der Waals surface area (Å²) in [6.45, 7) is 0.666. The van der Waals surface area contributed by atoms with Gasteiger partial charge in [-0.05, 0) is 36.4 Å². The van der Waals surface area contributed by atoms with Crippen LogP contribution in [0.3, 0.4) is 0 Å². The van der Waals surface area contributed by atoms with Gasteiger partial charge in [-0.3, -0.25) is 4.79 Å². The summed E-state index contributed by atoms with van der Waals surface area (Å²) >= 11 is 5.07. The molecule has 0 aliphatic carbocycles. The van der Waals surface area contributed by atoms with Crippen molar-refractivity contribution in [3.05, 3.63) is 59.1 Å². The van der Waals surface area contributed by atoms with Crippen molar-refractivity contribution < 1.29 is 9.53 Å². The molecule has 3 nitrogen and oxygen atoms in total. The third-order valence-corrected chi connectivity index (χ3v) is 4.16. The van der Waals surface area contributed by atoms with Crippen molar-refractivity contribution in [2.24, 2.45) is 0 Å². The van der Waals surface area contributed by atoms with Crippen LogP contribution >= 0.6 is 27.7 Å². The fraction of sp³-hybridized carbons (Fsp3) is 0.188. The number of halogens is 1. The molecule has 0 unspecified atom stereocenters. The highest BCUT2D eigenvalue weighted by Gasteiger charge is 2.02. The minimum atomic E-state index is -0.105. The van der Waals surface area contributed by atoms with Crippen LogP contribution in [0.15, 0.2) is 64.0 Å². The first kappa shape index (κ1) is 15.9. The van der Waals surface area contributed by atoms with Crippen molar-refractivity contribution in [3.63, 3.8) is 0 Å². The van der Waals surface area contributed by atoms with Gasteiger partial charge in [0, 0.05) is 21.7 Å². The van der Waals surface area contributed by atoms with Gasteiger partial charge < -0.3 is 10.1 Å². The van der Waals surface area contributed by atoms with Crippen LogP contribution < -0.4 is 10.1 Å². The normalized spacial score (nSPS) is 10.1. The maximum atomic E-state index is 11.6. The Morgan fingerprint density at radius 2 is 1.81 bits per heavy atom. The summed E-state index contributed by atoms with van der Waals surface area (Å²) in [6.07, 6.45) is 0. The summed E-state index contributed by atoms with van der Waals surface area (Å²) < 4.78 is 6.38. The van der Waals surface area contributed by atoms with E-state index in [0.29, 0.717) is 12.3 Å². The molecule has 110 valence electrons. The Bertz CT molecular complexity index is 560. The molecule has 0 atom stereocenters. The number of ether oxygens (including phenoxy) is 1. The van der Waals surface area contributed by atoms with E-state index < -0.39 is 0 Å². The van der Waals surface area contributed by atoms with Crippen LogP contribution in [0.25, 0.3) is 0 Å². The molecule has 5 heteroatoms. The van der Waals surface area contributed by atoms with Gasteiger partial charge in [-0.15, -0.1) is 11.8 Å². The molecule has 0 spiro atoms. The molecule has 1 amide bonds. The predicted molar refractivity (Wildman–Crippen MR) is 89.8 cm³/mol. The molecule has 2 rings (SSSR count). The molecular weight excluding hydrogens is 350 g/mol. The van der Waals surface area contributed by atoms with Gasteiger partial charge in [0.2, 0.25) is 0 Å². The van der Waals surface area contributed by atoms with Gasteiger partial charge in [0.1, 0.15) is 5.75 Å². The van der Waals surface area contributed by atoms with Crippen molar-refractivity contribution in [1.29, 1.82) is 0 Å². The number of amides is 1. The Morgan fingerprint density at radius 3 is 2.52 bits per heavy atom. The van der Waals surface area contributed by atoms with Gasteiger partial charge in [0.05, 0.1) is 0 Å². The second-order valence-corrected chi connectivity index (χ2v) is 6.34. The highest BCUT2D eigenvalue weighted by Crippen LogP contribution is 2.16. The molecular formula is C16H16BrNO2S. The lowest BCUT2D eigenvalue weighted by Gasteiger charge is -2.07. The molecule has 0 aliphatic heterocycles. The van der Waals surface area contributed by atoms with Gasteiger partial charge in [-0.1, -0.05) is 34.1 Å². The monoisotopic (exact) mass is 365 g/mol. The number of thioether (sulfide) groups is 1. The van der Waals surface area contributed by atoms with Crippen LogP contribution in [0.1, 0.15) is 0 Å². The maximum absolute atomic E-state index is 11.6. The highest BCUT2D eigenvalue weighted by molar-refractivity contribution is 9.10. The number of hydrogen-bond donors (Lipinski definition) is 1. The molecule has 0 bridgehead atoms. The Labute approximate surface area is 137 Å². The Kier molecular flexibility index (Phi) is 6.63. The zero-order valence-electron chi connectivity index (χ0n) is 11.4. The summed E-state index contributed by atoms with van der Waals surface area (Å²) in [4.78, 5) is 12.8. The number of hydrogen-bond acceptors (Lipinski definition) is 3. The standard InChI is InChI=1S/C16H16BrNO2S/c17-13-6-8-14(9-7-13)20-12-16(19)18-10-11-21-15-4-2-1-3-5-15/h1-9H,10-12H2,(H,18,19). The minimum absolute atomic E-state index is 0.0393. The van der Waals surface area contributed by atoms with Crippen LogP contribution in [0.5, 0.6) is 5.75 Å². The minimum Gasteiger partial charge on any atom is -0.484 e. The van der Waals surface area contributed by atoms with Crippen LogP contribution in [-0.2, 0) is 4.79 Å². The van der Waals surface area contributed by atoms with E-state index >= 15 is 0 Å². The van der Waals surface area contributed by atoms with Crippen molar-refractivity contribution >= 4 is 33.6 Å². The highest BCUT2D eigenvalue weighted by atomic mass is 79.9. The number of nitrogens with one attached hydrogen (secondary N) is 1. The fourth-order valence-corrected chi connectivity index (χ4v) is 2.66. The summed E-state index contributed by atoms with van der Waals surface area (Å²) in [7, 11) is 0. The summed E-state index contributed by atoms with van der Waals surface area (Å²) in [5.41, 5.74) is 0. The molecule has 2 aromatic rings. The van der Waals surface area contributed by atoms with E-state index in [4.69, 9.17) is 4.74 Å². The lowest BCUT2D eigenvalue weighted by molar-refractivity contribution is -0.122. The van der Waals surface area contributed by atoms with E-state index in [1.807, 2.05) is 42.5 Å². The molecule has 0 saturated heterocycles. The van der Waals surface area contributed by atoms with Crippen LogP contribution in [-0.4, -0.2) is 24.8 Å². The molecule has 2 aromatic carbocycles. The molecule has 0 aliphatic rings. The Morgan fingerprint density at radius 1 is 1.10 bits per heavy atom. The van der Waals surface area contributed by atoms with Gasteiger partial charge in [-0.25, -0.2) is 0 Å². The second-order valence-electron chi connectivity index (χ2n) is 4.25. The first-order valence-electron chi connectivity index (χ1n) is 6.57. The first-order valence-corrected chi connectivity index (χ1v) is 8.35. The second kappa shape index (κ2) is 8.74. The van der Waals surface area contributed by atoms with Gasteiger partial charge in [0.15, 0.2) is 6.61 Å². The van der Waals surface area contributed by atoms with E-state index in [1.165, 1.54) is 4.90 Å². The van der Waals surface area contributed by atoms with Gasteiger partial charge in [-0.2, -0.15) is 0 Å². The third-order valence-electron chi connectivity index (χ3n) is 2.62. The Balaban J connectivity index is 1.60. The lowest BCUT2D eigenvalue weighted by Crippen LogP contribution is -2.30. The topological polar surface area (TPSA) is 38.3 Å². The predicted octanol–water partition coefficient (Wildman–Crippen LogP) is 3.74. The van der Waals surface area contributed by atoms with Crippen LogP contribution in [0.4, 0.5) is 0 Å². The smallest absolute Gasteiger partial charge is 0.257 e. The fourth-order valence-electron chi connectivity index (χ4n) is 1.61. The summed E-state index contributed by atoms with van der Waals surface area (Å²) in [5, 5.41) is 2.84. The zero-order chi connectivity index (χ0) is 14.9. The molecule has 0 fully saturated rings. The molecule has 0 heterocycles. The lowest BCUT2D eigenvalue weighted by atomic mass is 10.3. The number of carbonyl (C=O) groups excluding carboxylic acids is 1. The zero-order valence-corrected chi connectivity index (χ0v) is 13.8. The van der Waals surface area contributed by atoms with Crippen molar-refractivity contribution in [2.75, 3.05) is 18.9 Å². The quantitative estimate of drug-likeness (QED) is 0.599.